The normalized spacial score (nSPS) is 32.7. The smallest absolute Gasteiger partial charge is 0.338 e. The molecular weight excluding hydrogens is 316 g/mol. The number of carbonyl (C=O) groups excluding carboxylic acids is 1. The minimum Gasteiger partial charge on any atom is -0.497 e. The molecule has 1 aromatic rings. The number of hydrogen-bond donors (Lipinski definition) is 1. The monoisotopic (exact) mass is 346 g/mol. The Balaban J connectivity index is 1.58. The van der Waals surface area contributed by atoms with Gasteiger partial charge in [0.25, 0.3) is 0 Å². The van der Waals surface area contributed by atoms with Crippen molar-refractivity contribution < 1.29 is 19.4 Å². The minimum atomic E-state index is -0.280. The van der Waals surface area contributed by atoms with Gasteiger partial charge in [-0.2, -0.15) is 0 Å². The van der Waals surface area contributed by atoms with Crippen molar-refractivity contribution in [3.8, 4) is 5.75 Å². The van der Waals surface area contributed by atoms with Gasteiger partial charge in [0.1, 0.15) is 5.75 Å². The van der Waals surface area contributed by atoms with Crippen LogP contribution in [-0.2, 0) is 4.74 Å². The van der Waals surface area contributed by atoms with Gasteiger partial charge < -0.3 is 14.6 Å². The summed E-state index contributed by atoms with van der Waals surface area (Å²) in [6.45, 7) is 4.95. The van der Waals surface area contributed by atoms with Crippen LogP contribution in [0, 0.1) is 23.2 Å². The van der Waals surface area contributed by atoms with E-state index in [9.17, 15) is 9.90 Å². The van der Waals surface area contributed by atoms with Crippen LogP contribution in [0.15, 0.2) is 24.3 Å². The van der Waals surface area contributed by atoms with Gasteiger partial charge in [0.2, 0.25) is 0 Å². The van der Waals surface area contributed by atoms with E-state index in [-0.39, 0.29) is 17.5 Å². The maximum atomic E-state index is 12.3. The largest absolute Gasteiger partial charge is 0.497 e. The standard InChI is InChI=1S/C21H30O4/c1-14(13-25-20(23)15-6-8-16(24-3)9-7-15)17-10-11-18-19(22)5-4-12-21(17,18)2/h6-9,14,17-19,22H,4-5,10-13H2,1-3H3/t14-,17-,18+,19+,21-/m1/s1. The van der Waals surface area contributed by atoms with Crippen molar-refractivity contribution in [1.29, 1.82) is 0 Å². The van der Waals surface area contributed by atoms with E-state index in [2.05, 4.69) is 13.8 Å². The quantitative estimate of drug-likeness (QED) is 0.817. The van der Waals surface area contributed by atoms with Crippen LogP contribution in [0.25, 0.3) is 0 Å². The summed E-state index contributed by atoms with van der Waals surface area (Å²) < 4.78 is 10.7. The highest BCUT2D eigenvalue weighted by atomic mass is 16.5. The van der Waals surface area contributed by atoms with Crippen LogP contribution in [0.3, 0.4) is 0 Å². The molecule has 1 aromatic carbocycles. The van der Waals surface area contributed by atoms with Gasteiger partial charge in [0.15, 0.2) is 0 Å². The van der Waals surface area contributed by atoms with E-state index >= 15 is 0 Å². The van der Waals surface area contributed by atoms with Crippen LogP contribution in [0.5, 0.6) is 5.75 Å². The molecule has 4 heteroatoms. The third kappa shape index (κ3) is 3.55. The van der Waals surface area contributed by atoms with Crippen molar-refractivity contribution in [2.24, 2.45) is 23.2 Å². The molecule has 0 aliphatic heterocycles. The predicted octanol–water partition coefficient (Wildman–Crippen LogP) is 4.07. The number of esters is 1. The van der Waals surface area contributed by atoms with E-state index in [1.54, 1.807) is 31.4 Å². The summed E-state index contributed by atoms with van der Waals surface area (Å²) in [7, 11) is 1.60. The zero-order chi connectivity index (χ0) is 18.0. The molecule has 3 rings (SSSR count). The summed E-state index contributed by atoms with van der Waals surface area (Å²) in [6.07, 6.45) is 5.28. The van der Waals surface area contributed by atoms with Crippen LogP contribution in [-0.4, -0.2) is 30.9 Å². The van der Waals surface area contributed by atoms with Crippen molar-refractivity contribution in [3.63, 3.8) is 0 Å². The first-order chi connectivity index (χ1) is 12.0. The minimum absolute atomic E-state index is 0.155. The van der Waals surface area contributed by atoms with Gasteiger partial charge in [-0.3, -0.25) is 0 Å². The Morgan fingerprint density at radius 1 is 1.28 bits per heavy atom. The topological polar surface area (TPSA) is 55.8 Å². The first-order valence-electron chi connectivity index (χ1n) is 9.45. The van der Waals surface area contributed by atoms with E-state index in [4.69, 9.17) is 9.47 Å². The molecule has 25 heavy (non-hydrogen) atoms. The molecule has 0 spiro atoms. The number of carbonyl (C=O) groups is 1. The molecule has 5 atom stereocenters. The van der Waals surface area contributed by atoms with Crippen LogP contribution in [0.1, 0.15) is 56.3 Å². The van der Waals surface area contributed by atoms with Gasteiger partial charge in [-0.05, 0) is 73.1 Å². The zero-order valence-corrected chi connectivity index (χ0v) is 15.5. The van der Waals surface area contributed by atoms with Gasteiger partial charge >= 0.3 is 5.97 Å². The first-order valence-corrected chi connectivity index (χ1v) is 9.45. The number of aliphatic hydroxyl groups is 1. The molecule has 2 saturated carbocycles. The summed E-state index contributed by atoms with van der Waals surface area (Å²) >= 11 is 0. The lowest BCUT2D eigenvalue weighted by Crippen LogP contribution is -2.42. The molecule has 0 bridgehead atoms. The Labute approximate surface area is 150 Å². The molecule has 0 amide bonds. The second-order valence-corrected chi connectivity index (χ2v) is 8.06. The molecule has 2 aliphatic carbocycles. The Kier molecular flexibility index (Phi) is 5.38. The Hall–Kier alpha value is -1.55. The summed E-state index contributed by atoms with van der Waals surface area (Å²) in [5, 5.41) is 10.4. The van der Waals surface area contributed by atoms with E-state index in [0.29, 0.717) is 29.9 Å². The van der Waals surface area contributed by atoms with Gasteiger partial charge in [0.05, 0.1) is 25.4 Å². The molecule has 0 saturated heterocycles. The second kappa shape index (κ2) is 7.36. The highest BCUT2D eigenvalue weighted by Crippen LogP contribution is 2.57. The maximum absolute atomic E-state index is 12.3. The number of methoxy groups -OCH3 is 1. The molecule has 2 fully saturated rings. The number of benzene rings is 1. The van der Waals surface area contributed by atoms with Crippen LogP contribution >= 0.6 is 0 Å². The molecule has 0 radical (unpaired) electrons. The number of aliphatic hydroxyl groups excluding tert-OH is 1. The summed E-state index contributed by atoms with van der Waals surface area (Å²) in [6, 6.07) is 7.00. The van der Waals surface area contributed by atoms with E-state index < -0.39 is 0 Å². The van der Waals surface area contributed by atoms with E-state index in [1.807, 2.05) is 0 Å². The van der Waals surface area contributed by atoms with Crippen LogP contribution in [0.2, 0.25) is 0 Å². The van der Waals surface area contributed by atoms with Crippen molar-refractivity contribution in [3.05, 3.63) is 29.8 Å². The third-order valence-corrected chi connectivity index (χ3v) is 6.65. The molecule has 0 unspecified atom stereocenters. The molecule has 138 valence electrons. The Morgan fingerprint density at radius 2 is 2.00 bits per heavy atom. The average molecular weight is 346 g/mol. The van der Waals surface area contributed by atoms with Crippen LogP contribution < -0.4 is 4.74 Å². The SMILES string of the molecule is COc1ccc(C(=O)OC[C@@H](C)[C@H]2CC[C@H]3[C@@H](O)CCC[C@]23C)cc1. The predicted molar refractivity (Wildman–Crippen MR) is 96.6 cm³/mol. The molecular formula is C21H30O4. The summed E-state index contributed by atoms with van der Waals surface area (Å²) in [5.41, 5.74) is 0.737. The fourth-order valence-electron chi connectivity index (χ4n) is 5.26. The summed E-state index contributed by atoms with van der Waals surface area (Å²) in [5.74, 6) is 1.67. The van der Waals surface area contributed by atoms with Gasteiger partial charge in [-0.25, -0.2) is 4.79 Å². The first kappa shape index (κ1) is 18.2. The molecule has 0 heterocycles. The molecule has 4 nitrogen and oxygen atoms in total. The highest BCUT2D eigenvalue weighted by Gasteiger charge is 2.52. The van der Waals surface area contributed by atoms with Gasteiger partial charge in [-0.1, -0.05) is 20.3 Å². The summed E-state index contributed by atoms with van der Waals surface area (Å²) in [4.78, 5) is 12.3. The van der Waals surface area contributed by atoms with Crippen molar-refractivity contribution in [2.75, 3.05) is 13.7 Å². The third-order valence-electron chi connectivity index (χ3n) is 6.65. The Morgan fingerprint density at radius 3 is 2.68 bits per heavy atom. The number of ether oxygens (including phenoxy) is 2. The van der Waals surface area contributed by atoms with E-state index in [0.717, 1.165) is 31.4 Å². The van der Waals surface area contributed by atoms with Crippen molar-refractivity contribution in [1.82, 2.24) is 0 Å². The second-order valence-electron chi connectivity index (χ2n) is 8.06. The number of rotatable bonds is 5. The van der Waals surface area contributed by atoms with Crippen molar-refractivity contribution >= 4 is 5.97 Å². The molecule has 1 N–H and O–H groups in total. The van der Waals surface area contributed by atoms with Gasteiger partial charge in [0, 0.05) is 0 Å². The van der Waals surface area contributed by atoms with Gasteiger partial charge in [-0.15, -0.1) is 0 Å². The van der Waals surface area contributed by atoms with Crippen molar-refractivity contribution in [2.45, 2.75) is 52.1 Å². The average Bonchev–Trinajstić information content (AvgIpc) is 2.98. The fraction of sp³-hybridized carbons (Fsp3) is 0.667. The van der Waals surface area contributed by atoms with E-state index in [1.165, 1.54) is 6.42 Å². The number of hydrogen-bond acceptors (Lipinski definition) is 4. The maximum Gasteiger partial charge on any atom is 0.338 e. The lowest BCUT2D eigenvalue weighted by atomic mass is 9.62. The molecule has 2 aliphatic rings. The lowest BCUT2D eigenvalue weighted by molar-refractivity contribution is -0.0346. The number of fused-ring (bicyclic) bond motifs is 1. The Bertz CT molecular complexity index is 596. The lowest BCUT2D eigenvalue weighted by Gasteiger charge is -2.45. The fourth-order valence-corrected chi connectivity index (χ4v) is 5.26. The zero-order valence-electron chi connectivity index (χ0n) is 15.5. The van der Waals surface area contributed by atoms with Crippen LogP contribution in [0.4, 0.5) is 0 Å². The molecule has 0 aromatic heterocycles. The highest BCUT2D eigenvalue weighted by molar-refractivity contribution is 5.89.